The van der Waals surface area contributed by atoms with Crippen molar-refractivity contribution in [3.05, 3.63) is 17.8 Å². The third kappa shape index (κ3) is 2.59. The second kappa shape index (κ2) is 5.31. The number of aliphatic hydroxyl groups excluding tert-OH is 1. The first-order valence-electron chi connectivity index (χ1n) is 5.95. The fourth-order valence-corrected chi connectivity index (χ4v) is 2.45. The Bertz CT molecular complexity index is 288. The number of aliphatic hydroxyl groups is 1. The second-order valence-corrected chi connectivity index (χ2v) is 4.36. The molecule has 0 amide bonds. The van der Waals surface area contributed by atoms with Crippen molar-refractivity contribution in [2.24, 2.45) is 0 Å². The monoisotopic (exact) mass is 209 g/mol. The molecule has 1 aliphatic carbocycles. The van der Waals surface area contributed by atoms with E-state index in [9.17, 15) is 0 Å². The molecule has 0 aliphatic heterocycles. The number of hydrogen-bond donors (Lipinski definition) is 1. The third-order valence-electron chi connectivity index (χ3n) is 3.30. The molecule has 3 nitrogen and oxygen atoms in total. The Balaban J connectivity index is 2.06. The van der Waals surface area contributed by atoms with Gasteiger partial charge in [0.1, 0.15) is 11.5 Å². The van der Waals surface area contributed by atoms with E-state index in [1.54, 1.807) is 0 Å². The molecule has 0 atom stereocenters. The molecule has 0 aromatic carbocycles. The van der Waals surface area contributed by atoms with Gasteiger partial charge in [-0.15, -0.1) is 0 Å². The number of oxazole rings is 1. The Labute approximate surface area is 90.5 Å². The molecule has 0 unspecified atom stereocenters. The van der Waals surface area contributed by atoms with Crippen molar-refractivity contribution in [3.63, 3.8) is 0 Å². The minimum Gasteiger partial charge on any atom is -0.448 e. The molecule has 84 valence electrons. The minimum absolute atomic E-state index is 0.00231. The van der Waals surface area contributed by atoms with Gasteiger partial charge < -0.3 is 9.52 Å². The lowest BCUT2D eigenvalue weighted by molar-refractivity contribution is 0.270. The highest BCUT2D eigenvalue weighted by Gasteiger charge is 2.20. The van der Waals surface area contributed by atoms with E-state index in [0.717, 1.165) is 11.5 Å². The number of nitrogens with zero attached hydrogens (tertiary/aromatic N) is 1. The van der Waals surface area contributed by atoms with Crippen molar-refractivity contribution in [2.75, 3.05) is 0 Å². The van der Waals surface area contributed by atoms with E-state index < -0.39 is 0 Å². The molecular formula is C12H19NO2. The van der Waals surface area contributed by atoms with Gasteiger partial charge in [0.25, 0.3) is 0 Å². The van der Waals surface area contributed by atoms with Crippen LogP contribution in [-0.2, 0) is 6.61 Å². The fraction of sp³-hybridized carbons (Fsp3) is 0.750. The van der Waals surface area contributed by atoms with Crippen molar-refractivity contribution in [1.82, 2.24) is 4.98 Å². The van der Waals surface area contributed by atoms with Crippen LogP contribution >= 0.6 is 0 Å². The zero-order chi connectivity index (χ0) is 10.5. The molecule has 1 aromatic heterocycles. The number of hydrogen-bond acceptors (Lipinski definition) is 3. The van der Waals surface area contributed by atoms with E-state index in [4.69, 9.17) is 9.52 Å². The molecule has 0 bridgehead atoms. The van der Waals surface area contributed by atoms with E-state index in [0.29, 0.717) is 5.92 Å². The molecule has 1 saturated carbocycles. The first-order valence-corrected chi connectivity index (χ1v) is 5.95. The summed E-state index contributed by atoms with van der Waals surface area (Å²) in [6.45, 7) is 0.00231. The Morgan fingerprint density at radius 1 is 1.20 bits per heavy atom. The van der Waals surface area contributed by atoms with Crippen LogP contribution in [0.3, 0.4) is 0 Å². The van der Waals surface area contributed by atoms with E-state index in [1.165, 1.54) is 51.3 Å². The Kier molecular flexibility index (Phi) is 3.78. The summed E-state index contributed by atoms with van der Waals surface area (Å²) in [5, 5.41) is 9.14. The highest BCUT2D eigenvalue weighted by molar-refractivity contribution is 5.11. The van der Waals surface area contributed by atoms with Gasteiger partial charge in [0, 0.05) is 5.92 Å². The summed E-state index contributed by atoms with van der Waals surface area (Å²) < 4.78 is 5.42. The zero-order valence-electron chi connectivity index (χ0n) is 9.11. The first kappa shape index (κ1) is 10.7. The molecule has 1 heterocycles. The number of aromatic nitrogens is 1. The highest BCUT2D eigenvalue weighted by atomic mass is 16.3. The molecule has 0 radical (unpaired) electrons. The van der Waals surface area contributed by atoms with Gasteiger partial charge in [0.15, 0.2) is 6.39 Å². The molecule has 0 saturated heterocycles. The molecule has 2 rings (SSSR count). The van der Waals surface area contributed by atoms with Crippen LogP contribution in [0.1, 0.15) is 62.3 Å². The summed E-state index contributed by atoms with van der Waals surface area (Å²) in [7, 11) is 0. The van der Waals surface area contributed by atoms with Gasteiger partial charge in [-0.1, -0.05) is 32.1 Å². The van der Waals surface area contributed by atoms with Crippen LogP contribution in [0, 0.1) is 0 Å². The summed E-state index contributed by atoms with van der Waals surface area (Å²) in [5.74, 6) is 1.41. The predicted octanol–water partition coefficient (Wildman–Crippen LogP) is 2.99. The van der Waals surface area contributed by atoms with Gasteiger partial charge in [-0.05, 0) is 12.8 Å². The van der Waals surface area contributed by atoms with Crippen LogP contribution in [0.4, 0.5) is 0 Å². The molecular weight excluding hydrogens is 190 g/mol. The van der Waals surface area contributed by atoms with Gasteiger partial charge in [0.05, 0.1) is 6.61 Å². The van der Waals surface area contributed by atoms with Crippen LogP contribution in [0.5, 0.6) is 0 Å². The standard InChI is InChI=1S/C12H19NO2/c14-8-11-12(15-9-13-11)10-6-4-2-1-3-5-7-10/h9-10,14H,1-8H2. The molecule has 15 heavy (non-hydrogen) atoms. The number of rotatable bonds is 2. The normalized spacial score (nSPS) is 19.8. The van der Waals surface area contributed by atoms with Crippen LogP contribution in [0.2, 0.25) is 0 Å². The van der Waals surface area contributed by atoms with Crippen LogP contribution in [-0.4, -0.2) is 10.1 Å². The molecule has 0 spiro atoms. The van der Waals surface area contributed by atoms with Gasteiger partial charge >= 0.3 is 0 Å². The maximum atomic E-state index is 9.14. The van der Waals surface area contributed by atoms with Crippen LogP contribution in [0.25, 0.3) is 0 Å². The minimum atomic E-state index is 0.00231. The highest BCUT2D eigenvalue weighted by Crippen LogP contribution is 2.32. The predicted molar refractivity (Wildman–Crippen MR) is 57.5 cm³/mol. The molecule has 3 heteroatoms. The van der Waals surface area contributed by atoms with Gasteiger partial charge in [-0.2, -0.15) is 0 Å². The van der Waals surface area contributed by atoms with Crippen LogP contribution in [0.15, 0.2) is 10.8 Å². The lowest BCUT2D eigenvalue weighted by Crippen LogP contribution is -2.04. The average molecular weight is 209 g/mol. The summed E-state index contributed by atoms with van der Waals surface area (Å²) in [6.07, 6.45) is 10.4. The van der Waals surface area contributed by atoms with E-state index in [1.807, 2.05) is 0 Å². The Morgan fingerprint density at radius 2 is 1.87 bits per heavy atom. The maximum absolute atomic E-state index is 9.14. The van der Waals surface area contributed by atoms with Gasteiger partial charge in [-0.3, -0.25) is 0 Å². The summed E-state index contributed by atoms with van der Waals surface area (Å²) in [4.78, 5) is 4.05. The lowest BCUT2D eigenvalue weighted by atomic mass is 9.89. The molecule has 1 aromatic rings. The largest absolute Gasteiger partial charge is 0.448 e. The van der Waals surface area contributed by atoms with Crippen molar-refractivity contribution >= 4 is 0 Å². The summed E-state index contributed by atoms with van der Waals surface area (Å²) in [6, 6.07) is 0. The third-order valence-corrected chi connectivity index (χ3v) is 3.30. The lowest BCUT2D eigenvalue weighted by Gasteiger charge is -2.17. The molecule has 1 aliphatic rings. The summed E-state index contributed by atoms with van der Waals surface area (Å²) in [5.41, 5.74) is 0.737. The average Bonchev–Trinajstić information content (AvgIpc) is 2.65. The first-order chi connectivity index (χ1) is 7.42. The van der Waals surface area contributed by atoms with E-state index in [-0.39, 0.29) is 6.61 Å². The van der Waals surface area contributed by atoms with Crippen LogP contribution < -0.4 is 0 Å². The van der Waals surface area contributed by atoms with Crippen molar-refractivity contribution in [2.45, 2.75) is 57.5 Å². The smallest absolute Gasteiger partial charge is 0.181 e. The van der Waals surface area contributed by atoms with E-state index >= 15 is 0 Å². The van der Waals surface area contributed by atoms with E-state index in [2.05, 4.69) is 4.98 Å². The zero-order valence-corrected chi connectivity index (χ0v) is 9.11. The fourth-order valence-electron chi connectivity index (χ4n) is 2.45. The van der Waals surface area contributed by atoms with Gasteiger partial charge in [-0.25, -0.2) is 4.98 Å². The summed E-state index contributed by atoms with van der Waals surface area (Å²) >= 11 is 0. The topological polar surface area (TPSA) is 46.3 Å². The second-order valence-electron chi connectivity index (χ2n) is 4.36. The van der Waals surface area contributed by atoms with Gasteiger partial charge in [0.2, 0.25) is 0 Å². The molecule has 1 fully saturated rings. The molecule has 1 N–H and O–H groups in total. The van der Waals surface area contributed by atoms with Crippen molar-refractivity contribution in [3.8, 4) is 0 Å². The maximum Gasteiger partial charge on any atom is 0.181 e. The van der Waals surface area contributed by atoms with Crippen molar-refractivity contribution < 1.29 is 9.52 Å². The Morgan fingerprint density at radius 3 is 2.53 bits per heavy atom. The van der Waals surface area contributed by atoms with Crippen molar-refractivity contribution in [1.29, 1.82) is 0 Å². The Hall–Kier alpha value is -0.830. The SMILES string of the molecule is OCc1ncoc1C1CCCCCCC1. The quantitative estimate of drug-likeness (QED) is 0.814.